The summed E-state index contributed by atoms with van der Waals surface area (Å²) in [6, 6.07) is 39.1. The molecular weight excluding hydrogens is 632 g/mol. The summed E-state index contributed by atoms with van der Waals surface area (Å²) in [4.78, 5) is 19.1. The number of hydrogen-bond acceptors (Lipinski definition) is 2. The minimum Gasteiger partial charge on any atom is -1.00 e. The zero-order valence-electron chi connectivity index (χ0n) is 26.7. The maximum Gasteiger partial charge on any atom is 0.266 e. The molecular formula is C40H39BrN4O. The number of imidazole rings is 1. The molecule has 1 saturated heterocycles. The lowest BCUT2D eigenvalue weighted by atomic mass is 9.81. The number of carbonyl (C=O) groups is 1. The number of rotatable bonds is 6. The Kier molecular flexibility index (Phi) is 7.72. The standard InChI is InChI=1S/C40H39N4O.BrH/c1-28-21-36-37(22-29(28)2)42(27-41(36)24-31-17-18-32-13-7-8-14-33(32)23-31)26-38(45)43-20-19-40(3)34-15-9-10-16-35(34)44(39(40)43)25-30-11-5-4-6-12-30;/h4-18,21-23,27,39H,19-20,24-26H2,1-3H3;1H/q+1;/p-1. The number of aromatic nitrogens is 2. The highest BCUT2D eigenvalue weighted by Crippen LogP contribution is 2.52. The van der Waals surface area contributed by atoms with Crippen molar-refractivity contribution >= 4 is 33.4 Å². The van der Waals surface area contributed by atoms with Crippen LogP contribution in [0.25, 0.3) is 21.8 Å². The van der Waals surface area contributed by atoms with Gasteiger partial charge in [-0.2, -0.15) is 0 Å². The largest absolute Gasteiger partial charge is 1.00 e. The van der Waals surface area contributed by atoms with E-state index in [4.69, 9.17) is 0 Å². The Balaban J connectivity index is 0.00000338. The molecule has 0 saturated carbocycles. The van der Waals surface area contributed by atoms with Crippen LogP contribution >= 0.6 is 0 Å². The lowest BCUT2D eigenvalue weighted by molar-refractivity contribution is -0.663. The van der Waals surface area contributed by atoms with Gasteiger partial charge in [0.2, 0.25) is 6.33 Å². The molecule has 3 heterocycles. The van der Waals surface area contributed by atoms with Crippen LogP contribution in [0, 0.1) is 13.8 Å². The molecule has 232 valence electrons. The summed E-state index contributed by atoms with van der Waals surface area (Å²) in [5.41, 5.74) is 9.75. The third-order valence-corrected chi connectivity index (χ3v) is 10.3. The summed E-state index contributed by atoms with van der Waals surface area (Å²) in [7, 11) is 0. The molecule has 1 aromatic heterocycles. The van der Waals surface area contributed by atoms with Crippen LogP contribution in [0.2, 0.25) is 0 Å². The van der Waals surface area contributed by atoms with E-state index in [1.807, 2.05) is 0 Å². The lowest BCUT2D eigenvalue weighted by Crippen LogP contribution is -3.00. The molecule has 1 fully saturated rings. The number of halogens is 1. The van der Waals surface area contributed by atoms with Gasteiger partial charge in [-0.25, -0.2) is 9.13 Å². The highest BCUT2D eigenvalue weighted by Gasteiger charge is 2.55. The Morgan fingerprint density at radius 3 is 2.37 bits per heavy atom. The van der Waals surface area contributed by atoms with Crippen LogP contribution in [-0.2, 0) is 29.8 Å². The van der Waals surface area contributed by atoms with Crippen LogP contribution in [-0.4, -0.2) is 28.1 Å². The number of hydrogen-bond donors (Lipinski definition) is 0. The first-order valence-electron chi connectivity index (χ1n) is 16.1. The molecule has 2 aliphatic heterocycles. The molecule has 5 aromatic carbocycles. The van der Waals surface area contributed by atoms with Gasteiger partial charge >= 0.3 is 0 Å². The van der Waals surface area contributed by atoms with Crippen LogP contribution in [0.4, 0.5) is 5.69 Å². The molecule has 6 aromatic rings. The van der Waals surface area contributed by atoms with Gasteiger partial charge in [0.1, 0.15) is 12.7 Å². The number of carbonyl (C=O) groups excluding carboxylic acids is 1. The molecule has 46 heavy (non-hydrogen) atoms. The SMILES string of the molecule is Cc1cc2c(cc1C)[n+](Cc1ccc3ccccc3c1)cn2CC(=O)N1CCC2(C)c3ccccc3N(Cc3ccccc3)C12.[Br-]. The quantitative estimate of drug-likeness (QED) is 0.248. The third-order valence-electron chi connectivity index (χ3n) is 10.3. The first kappa shape index (κ1) is 30.2. The highest BCUT2D eigenvalue weighted by molar-refractivity contribution is 5.84. The number of anilines is 1. The maximum absolute atomic E-state index is 14.4. The van der Waals surface area contributed by atoms with Crippen LogP contribution in [0.5, 0.6) is 0 Å². The Hall–Kier alpha value is -4.42. The van der Waals surface area contributed by atoms with Crippen molar-refractivity contribution in [1.29, 1.82) is 0 Å². The zero-order valence-corrected chi connectivity index (χ0v) is 28.2. The van der Waals surface area contributed by atoms with Crippen LogP contribution in [0.1, 0.15) is 41.2 Å². The van der Waals surface area contributed by atoms with Gasteiger partial charge in [-0.05, 0) is 83.1 Å². The highest BCUT2D eigenvalue weighted by atomic mass is 79.9. The molecule has 2 aliphatic rings. The van der Waals surface area contributed by atoms with Crippen molar-refractivity contribution in [1.82, 2.24) is 9.47 Å². The predicted octanol–water partition coefficient (Wildman–Crippen LogP) is 4.29. The van der Waals surface area contributed by atoms with E-state index in [1.165, 1.54) is 44.3 Å². The first-order valence-corrected chi connectivity index (χ1v) is 16.1. The number of aryl methyl sites for hydroxylation is 2. The summed E-state index contributed by atoms with van der Waals surface area (Å²) >= 11 is 0. The second-order valence-electron chi connectivity index (χ2n) is 13.2. The number of amides is 1. The van der Waals surface area contributed by atoms with Gasteiger partial charge in [-0.15, -0.1) is 0 Å². The summed E-state index contributed by atoms with van der Waals surface area (Å²) in [6.45, 7) is 9.27. The number of fused-ring (bicyclic) bond motifs is 5. The Bertz CT molecular complexity index is 2090. The number of likely N-dealkylation sites (tertiary alicyclic amines) is 1. The smallest absolute Gasteiger partial charge is 0.266 e. The van der Waals surface area contributed by atoms with Gasteiger partial charge in [0.05, 0.1) is 0 Å². The van der Waals surface area contributed by atoms with Gasteiger partial charge in [-0.3, -0.25) is 4.79 Å². The molecule has 0 radical (unpaired) electrons. The van der Waals surface area contributed by atoms with E-state index in [2.05, 4.69) is 155 Å². The lowest BCUT2D eigenvalue weighted by Gasteiger charge is -2.36. The average molecular weight is 672 g/mol. The molecule has 2 atom stereocenters. The van der Waals surface area contributed by atoms with Crippen molar-refractivity contribution in [3.63, 3.8) is 0 Å². The summed E-state index contributed by atoms with van der Waals surface area (Å²) < 4.78 is 4.48. The summed E-state index contributed by atoms with van der Waals surface area (Å²) in [6.07, 6.45) is 3.09. The van der Waals surface area contributed by atoms with Crippen molar-refractivity contribution in [2.24, 2.45) is 0 Å². The van der Waals surface area contributed by atoms with Gasteiger partial charge < -0.3 is 26.8 Å². The monoisotopic (exact) mass is 670 g/mol. The Morgan fingerprint density at radius 2 is 1.54 bits per heavy atom. The van der Waals surface area contributed by atoms with Crippen molar-refractivity contribution < 1.29 is 26.3 Å². The zero-order chi connectivity index (χ0) is 30.7. The fourth-order valence-corrected chi connectivity index (χ4v) is 7.85. The first-order chi connectivity index (χ1) is 21.9. The third kappa shape index (κ3) is 5.00. The normalized spacial score (nSPS) is 18.5. The van der Waals surface area contributed by atoms with E-state index < -0.39 is 0 Å². The molecule has 0 bridgehead atoms. The molecule has 0 spiro atoms. The van der Waals surface area contributed by atoms with E-state index in [0.717, 1.165) is 37.1 Å². The maximum atomic E-state index is 14.4. The van der Waals surface area contributed by atoms with Gasteiger partial charge in [0.25, 0.3) is 5.91 Å². The van der Waals surface area contributed by atoms with Crippen molar-refractivity contribution in [3.8, 4) is 0 Å². The van der Waals surface area contributed by atoms with Crippen LogP contribution in [0.3, 0.4) is 0 Å². The molecule has 5 nitrogen and oxygen atoms in total. The minimum atomic E-state index is -0.108. The molecule has 1 amide bonds. The molecule has 8 rings (SSSR count). The molecule has 0 N–H and O–H groups in total. The van der Waals surface area contributed by atoms with Crippen molar-refractivity contribution in [2.75, 3.05) is 11.4 Å². The van der Waals surface area contributed by atoms with E-state index in [9.17, 15) is 4.79 Å². The van der Waals surface area contributed by atoms with Crippen LogP contribution < -0.4 is 26.4 Å². The summed E-state index contributed by atoms with van der Waals surface area (Å²) in [5, 5.41) is 2.50. The van der Waals surface area contributed by atoms with E-state index in [-0.39, 0.29) is 34.5 Å². The molecule has 6 heteroatoms. The fraction of sp³-hybridized carbons (Fsp3) is 0.250. The van der Waals surface area contributed by atoms with Crippen molar-refractivity contribution in [3.05, 3.63) is 143 Å². The molecule has 0 aliphatic carbocycles. The topological polar surface area (TPSA) is 32.4 Å². The van der Waals surface area contributed by atoms with Crippen LogP contribution in [0.15, 0.2) is 116 Å². The Labute approximate surface area is 281 Å². The fourth-order valence-electron chi connectivity index (χ4n) is 7.85. The number of nitrogens with zero attached hydrogens (tertiary/aromatic N) is 4. The number of para-hydroxylation sites is 1. The van der Waals surface area contributed by atoms with Crippen molar-refractivity contribution in [2.45, 2.75) is 58.4 Å². The van der Waals surface area contributed by atoms with Gasteiger partial charge in [0, 0.05) is 24.2 Å². The van der Waals surface area contributed by atoms with Gasteiger partial charge in [0.15, 0.2) is 17.6 Å². The van der Waals surface area contributed by atoms with Gasteiger partial charge in [-0.1, -0.05) is 91.9 Å². The second kappa shape index (κ2) is 11.7. The second-order valence-corrected chi connectivity index (χ2v) is 13.2. The minimum absolute atomic E-state index is 0. The van der Waals surface area contributed by atoms with E-state index in [0.29, 0.717) is 6.54 Å². The predicted molar refractivity (Wildman–Crippen MR) is 181 cm³/mol. The Morgan fingerprint density at radius 1 is 0.826 bits per heavy atom. The van der Waals surface area contributed by atoms with E-state index >= 15 is 0 Å². The molecule has 2 unspecified atom stereocenters. The number of benzene rings is 5. The van der Waals surface area contributed by atoms with E-state index in [1.54, 1.807) is 0 Å². The summed E-state index contributed by atoms with van der Waals surface area (Å²) in [5.74, 6) is 0.169. The average Bonchev–Trinajstić information content (AvgIpc) is 3.65.